The second-order valence-electron chi connectivity index (χ2n) is 7.07. The van der Waals surface area contributed by atoms with Gasteiger partial charge in [-0.25, -0.2) is 14.6 Å². The molecule has 0 radical (unpaired) electrons. The number of nitrogens with zero attached hydrogens (tertiary/aromatic N) is 6. The number of fused-ring (bicyclic) bond motifs is 1. The van der Waals surface area contributed by atoms with Crippen molar-refractivity contribution in [3.63, 3.8) is 0 Å². The fraction of sp³-hybridized carbons (Fsp3) is 0.765. The molecule has 0 aliphatic carbocycles. The van der Waals surface area contributed by atoms with E-state index in [1.807, 2.05) is 0 Å². The first kappa shape index (κ1) is 16.5. The van der Waals surface area contributed by atoms with Crippen LogP contribution in [0.1, 0.15) is 38.5 Å². The molecule has 2 aliphatic rings. The maximum Gasteiger partial charge on any atom is 0.245 e. The molecular formula is C17H26N6O2. The predicted molar refractivity (Wildman–Crippen MR) is 94.9 cm³/mol. The van der Waals surface area contributed by atoms with Gasteiger partial charge in [-0.2, -0.15) is 0 Å². The topological polar surface area (TPSA) is 80.4 Å². The van der Waals surface area contributed by atoms with Gasteiger partial charge in [-0.1, -0.05) is 12.8 Å². The number of ether oxygens (including phenoxy) is 1. The van der Waals surface area contributed by atoms with Crippen LogP contribution in [-0.4, -0.2) is 60.2 Å². The van der Waals surface area contributed by atoms with Gasteiger partial charge in [0.25, 0.3) is 0 Å². The van der Waals surface area contributed by atoms with Crippen LogP contribution in [0, 0.1) is 5.92 Å². The molecule has 0 atom stereocenters. The average molecular weight is 346 g/mol. The fourth-order valence-electron chi connectivity index (χ4n) is 3.87. The van der Waals surface area contributed by atoms with Gasteiger partial charge < -0.3 is 14.5 Å². The summed E-state index contributed by atoms with van der Waals surface area (Å²) >= 11 is 0. The summed E-state index contributed by atoms with van der Waals surface area (Å²) in [5.41, 5.74) is 0.991. The highest BCUT2D eigenvalue weighted by molar-refractivity contribution is 5.74. The number of hydrogen-bond donors (Lipinski definition) is 0. The van der Waals surface area contributed by atoms with Gasteiger partial charge >= 0.3 is 0 Å². The van der Waals surface area contributed by atoms with Gasteiger partial charge in [0.05, 0.1) is 0 Å². The number of aromatic nitrogens is 4. The largest absolute Gasteiger partial charge is 0.384 e. The van der Waals surface area contributed by atoms with Crippen LogP contribution in [0.3, 0.4) is 0 Å². The molecule has 0 unspecified atom stereocenters. The average Bonchev–Trinajstić information content (AvgIpc) is 2.93. The molecule has 136 valence electrons. The molecule has 0 N–H and O–H groups in total. The van der Waals surface area contributed by atoms with Crippen molar-refractivity contribution >= 4 is 22.9 Å². The van der Waals surface area contributed by atoms with E-state index in [4.69, 9.17) is 19.3 Å². The van der Waals surface area contributed by atoms with Crippen LogP contribution in [0.25, 0.3) is 11.3 Å². The summed E-state index contributed by atoms with van der Waals surface area (Å²) < 4.78 is 10.2. The van der Waals surface area contributed by atoms with Crippen LogP contribution < -0.4 is 9.80 Å². The molecule has 25 heavy (non-hydrogen) atoms. The van der Waals surface area contributed by atoms with E-state index in [2.05, 4.69) is 20.1 Å². The molecule has 2 aliphatic heterocycles. The Labute approximate surface area is 147 Å². The standard InChI is InChI=1S/C17H26N6O2/c1-24-12-13-6-10-23(11-7-13)17-16(22-8-4-2-3-5-9-22)18-14-15(19-17)21-25-20-14/h13H,2-12H2,1H3. The maximum atomic E-state index is 5.32. The number of rotatable bonds is 4. The maximum absolute atomic E-state index is 5.32. The lowest BCUT2D eigenvalue weighted by Gasteiger charge is -2.34. The van der Waals surface area contributed by atoms with E-state index in [1.54, 1.807) is 7.11 Å². The zero-order valence-electron chi connectivity index (χ0n) is 14.9. The number of anilines is 2. The molecule has 8 nitrogen and oxygen atoms in total. The van der Waals surface area contributed by atoms with Gasteiger partial charge in [-0.15, -0.1) is 0 Å². The normalized spacial score (nSPS) is 20.2. The van der Waals surface area contributed by atoms with Gasteiger partial charge in [-0.05, 0) is 41.9 Å². The van der Waals surface area contributed by atoms with Gasteiger partial charge in [0.15, 0.2) is 11.6 Å². The van der Waals surface area contributed by atoms with Gasteiger partial charge in [0.2, 0.25) is 11.3 Å². The van der Waals surface area contributed by atoms with Gasteiger partial charge in [-0.3, -0.25) is 0 Å². The minimum Gasteiger partial charge on any atom is -0.384 e. The first-order valence-electron chi connectivity index (χ1n) is 9.34. The predicted octanol–water partition coefficient (Wildman–Crippen LogP) is 2.26. The second kappa shape index (κ2) is 7.51. The van der Waals surface area contributed by atoms with E-state index in [9.17, 15) is 0 Å². The van der Waals surface area contributed by atoms with E-state index in [0.717, 1.165) is 57.3 Å². The van der Waals surface area contributed by atoms with Crippen molar-refractivity contribution in [3.05, 3.63) is 0 Å². The molecule has 0 saturated carbocycles. The molecular weight excluding hydrogens is 320 g/mol. The zero-order chi connectivity index (χ0) is 17.1. The van der Waals surface area contributed by atoms with Crippen LogP contribution >= 0.6 is 0 Å². The van der Waals surface area contributed by atoms with Crippen molar-refractivity contribution in [2.45, 2.75) is 38.5 Å². The van der Waals surface area contributed by atoms with Crippen LogP contribution in [0.4, 0.5) is 11.6 Å². The number of methoxy groups -OCH3 is 1. The quantitative estimate of drug-likeness (QED) is 0.834. The van der Waals surface area contributed by atoms with Crippen molar-refractivity contribution in [1.29, 1.82) is 0 Å². The summed E-state index contributed by atoms with van der Waals surface area (Å²) in [7, 11) is 1.78. The Morgan fingerprint density at radius 3 is 2.00 bits per heavy atom. The van der Waals surface area contributed by atoms with Crippen molar-refractivity contribution in [1.82, 2.24) is 20.3 Å². The molecule has 2 saturated heterocycles. The van der Waals surface area contributed by atoms with Crippen molar-refractivity contribution in [2.24, 2.45) is 5.92 Å². The first-order chi connectivity index (χ1) is 12.3. The molecule has 4 rings (SSSR count). The van der Waals surface area contributed by atoms with E-state index in [1.165, 1.54) is 25.7 Å². The Morgan fingerprint density at radius 2 is 1.44 bits per heavy atom. The van der Waals surface area contributed by atoms with E-state index in [0.29, 0.717) is 17.2 Å². The lowest BCUT2D eigenvalue weighted by Crippen LogP contribution is -2.37. The third kappa shape index (κ3) is 3.53. The third-order valence-corrected chi connectivity index (χ3v) is 5.30. The summed E-state index contributed by atoms with van der Waals surface area (Å²) in [6.07, 6.45) is 7.21. The molecule has 4 heterocycles. The van der Waals surface area contributed by atoms with Crippen molar-refractivity contribution < 1.29 is 9.37 Å². The monoisotopic (exact) mass is 346 g/mol. The summed E-state index contributed by atoms with van der Waals surface area (Å²) in [6.45, 7) is 4.84. The minimum atomic E-state index is 0.493. The second-order valence-corrected chi connectivity index (χ2v) is 7.07. The van der Waals surface area contributed by atoms with Gasteiger partial charge in [0, 0.05) is 39.9 Å². The smallest absolute Gasteiger partial charge is 0.245 e. The van der Waals surface area contributed by atoms with E-state index in [-0.39, 0.29) is 0 Å². The Balaban J connectivity index is 1.63. The molecule has 2 aromatic rings. The highest BCUT2D eigenvalue weighted by atomic mass is 16.6. The fourth-order valence-corrected chi connectivity index (χ4v) is 3.87. The lowest BCUT2D eigenvalue weighted by molar-refractivity contribution is 0.139. The molecule has 2 fully saturated rings. The van der Waals surface area contributed by atoms with Crippen LogP contribution in [-0.2, 0) is 4.74 Å². The molecule has 2 aromatic heterocycles. The molecule has 0 amide bonds. The molecule has 0 spiro atoms. The summed E-state index contributed by atoms with van der Waals surface area (Å²) in [5, 5.41) is 7.80. The molecule has 8 heteroatoms. The van der Waals surface area contributed by atoms with Gasteiger partial charge in [0.1, 0.15) is 0 Å². The van der Waals surface area contributed by atoms with Crippen molar-refractivity contribution in [2.75, 3.05) is 49.7 Å². The highest BCUT2D eigenvalue weighted by Gasteiger charge is 2.26. The number of hydrogen-bond acceptors (Lipinski definition) is 8. The minimum absolute atomic E-state index is 0.493. The Morgan fingerprint density at radius 1 is 0.880 bits per heavy atom. The van der Waals surface area contributed by atoms with E-state index < -0.39 is 0 Å². The SMILES string of the molecule is COCC1CCN(c2nc3nonc3nc2N2CCCCCC2)CC1. The summed E-state index contributed by atoms with van der Waals surface area (Å²) in [5.74, 6) is 2.50. The van der Waals surface area contributed by atoms with E-state index >= 15 is 0 Å². The van der Waals surface area contributed by atoms with Crippen LogP contribution in [0.2, 0.25) is 0 Å². The Hall–Kier alpha value is -1.96. The number of piperidine rings is 1. The highest BCUT2D eigenvalue weighted by Crippen LogP contribution is 2.32. The lowest BCUT2D eigenvalue weighted by atomic mass is 9.98. The van der Waals surface area contributed by atoms with Crippen LogP contribution in [0.5, 0.6) is 0 Å². The summed E-state index contributed by atoms with van der Waals surface area (Å²) in [4.78, 5) is 14.2. The van der Waals surface area contributed by atoms with Crippen LogP contribution in [0.15, 0.2) is 4.63 Å². The first-order valence-corrected chi connectivity index (χ1v) is 9.34. The summed E-state index contributed by atoms with van der Waals surface area (Å²) in [6, 6.07) is 0. The third-order valence-electron chi connectivity index (χ3n) is 5.30. The molecule has 0 bridgehead atoms. The van der Waals surface area contributed by atoms with Crippen molar-refractivity contribution in [3.8, 4) is 0 Å². The Kier molecular flexibility index (Phi) is 4.96. The zero-order valence-corrected chi connectivity index (χ0v) is 14.9. The molecule has 0 aromatic carbocycles. The Bertz CT molecular complexity index is 690.